The Morgan fingerprint density at radius 3 is 2.53 bits per heavy atom. The molecular formula is C12H13ClF3N. The van der Waals surface area contributed by atoms with Crippen LogP contribution in [0.3, 0.4) is 0 Å². The summed E-state index contributed by atoms with van der Waals surface area (Å²) in [6, 6.07) is 3.42. The molecule has 5 heteroatoms. The highest BCUT2D eigenvalue weighted by Gasteiger charge is 2.31. The molecule has 0 radical (unpaired) electrons. The molecule has 0 unspecified atom stereocenters. The van der Waals surface area contributed by atoms with Crippen LogP contribution in [0, 0.1) is 0 Å². The van der Waals surface area contributed by atoms with Gasteiger partial charge >= 0.3 is 6.18 Å². The van der Waals surface area contributed by atoms with Crippen LogP contribution in [0.1, 0.15) is 18.9 Å². The fourth-order valence-corrected chi connectivity index (χ4v) is 1.51. The molecule has 0 bridgehead atoms. The third-order valence-corrected chi connectivity index (χ3v) is 2.32. The number of rotatable bonds is 4. The summed E-state index contributed by atoms with van der Waals surface area (Å²) in [4.78, 5) is 0. The third-order valence-electron chi connectivity index (χ3n) is 2.11. The largest absolute Gasteiger partial charge is 0.416 e. The Labute approximate surface area is 103 Å². The monoisotopic (exact) mass is 263 g/mol. The molecule has 1 rings (SSSR count). The van der Waals surface area contributed by atoms with Crippen LogP contribution in [-0.4, -0.2) is 6.54 Å². The molecule has 0 saturated carbocycles. The standard InChI is InChI=1S/C12H13ClF3N/c1-8(2)3-4-17-11-6-9(12(14,15)16)5-10(13)7-11/h5-7,17H,1,3-4H2,2H3. The maximum Gasteiger partial charge on any atom is 0.416 e. The predicted octanol–water partition coefficient (Wildman–Crippen LogP) is 4.74. The molecule has 0 aliphatic carbocycles. The molecule has 0 fully saturated rings. The highest BCUT2D eigenvalue weighted by Crippen LogP contribution is 2.33. The normalized spacial score (nSPS) is 11.4. The van der Waals surface area contributed by atoms with Gasteiger partial charge < -0.3 is 5.32 Å². The average molecular weight is 264 g/mol. The lowest BCUT2D eigenvalue weighted by atomic mass is 10.2. The highest BCUT2D eigenvalue weighted by atomic mass is 35.5. The van der Waals surface area contributed by atoms with Crippen LogP contribution in [0.4, 0.5) is 18.9 Å². The summed E-state index contributed by atoms with van der Waals surface area (Å²) in [5.41, 5.74) is 0.587. The molecule has 0 aliphatic heterocycles. The van der Waals surface area contributed by atoms with E-state index in [1.807, 2.05) is 6.92 Å². The quantitative estimate of drug-likeness (QED) is 0.774. The second-order valence-electron chi connectivity index (χ2n) is 3.86. The summed E-state index contributed by atoms with van der Waals surface area (Å²) < 4.78 is 37.5. The number of alkyl halides is 3. The summed E-state index contributed by atoms with van der Waals surface area (Å²) in [7, 11) is 0. The van der Waals surface area contributed by atoms with Crippen LogP contribution in [-0.2, 0) is 6.18 Å². The van der Waals surface area contributed by atoms with E-state index in [1.165, 1.54) is 6.07 Å². The smallest absolute Gasteiger partial charge is 0.385 e. The first-order valence-corrected chi connectivity index (χ1v) is 5.43. The van der Waals surface area contributed by atoms with Gasteiger partial charge in [0.25, 0.3) is 0 Å². The van der Waals surface area contributed by atoms with Crippen molar-refractivity contribution in [2.45, 2.75) is 19.5 Å². The minimum atomic E-state index is -4.38. The fraction of sp³-hybridized carbons (Fsp3) is 0.333. The lowest BCUT2D eigenvalue weighted by molar-refractivity contribution is -0.137. The molecule has 0 atom stereocenters. The molecular weight excluding hydrogens is 251 g/mol. The summed E-state index contributed by atoms with van der Waals surface area (Å²) in [6.07, 6.45) is -3.68. The topological polar surface area (TPSA) is 12.0 Å². The van der Waals surface area contributed by atoms with Gasteiger partial charge in [-0.05, 0) is 31.5 Å². The molecule has 1 aromatic rings. The van der Waals surface area contributed by atoms with Crippen molar-refractivity contribution >= 4 is 17.3 Å². The van der Waals surface area contributed by atoms with Crippen LogP contribution in [0.25, 0.3) is 0 Å². The molecule has 1 N–H and O–H groups in total. The van der Waals surface area contributed by atoms with E-state index < -0.39 is 11.7 Å². The van der Waals surface area contributed by atoms with Gasteiger partial charge in [0.2, 0.25) is 0 Å². The number of hydrogen-bond acceptors (Lipinski definition) is 1. The van der Waals surface area contributed by atoms with Crippen LogP contribution in [0.15, 0.2) is 30.4 Å². The summed E-state index contributed by atoms with van der Waals surface area (Å²) >= 11 is 5.64. The van der Waals surface area contributed by atoms with E-state index in [1.54, 1.807) is 0 Å². The lowest BCUT2D eigenvalue weighted by Gasteiger charge is -2.11. The molecule has 0 amide bonds. The Balaban J connectivity index is 2.79. The Morgan fingerprint density at radius 2 is 2.00 bits per heavy atom. The zero-order valence-corrected chi connectivity index (χ0v) is 10.1. The second-order valence-corrected chi connectivity index (χ2v) is 4.30. The maximum absolute atomic E-state index is 12.5. The predicted molar refractivity (Wildman–Crippen MR) is 64.4 cm³/mol. The summed E-state index contributed by atoms with van der Waals surface area (Å²) in [5.74, 6) is 0. The SMILES string of the molecule is C=C(C)CCNc1cc(Cl)cc(C(F)(F)F)c1. The van der Waals surface area contributed by atoms with Crippen molar-refractivity contribution in [1.82, 2.24) is 0 Å². The van der Waals surface area contributed by atoms with Gasteiger partial charge in [-0.2, -0.15) is 13.2 Å². The second kappa shape index (κ2) is 5.45. The minimum Gasteiger partial charge on any atom is -0.385 e. The molecule has 0 heterocycles. The van der Waals surface area contributed by atoms with Crippen molar-refractivity contribution < 1.29 is 13.2 Å². The molecule has 0 aliphatic rings. The van der Waals surface area contributed by atoms with Crippen LogP contribution in [0.5, 0.6) is 0 Å². The zero-order valence-electron chi connectivity index (χ0n) is 9.37. The van der Waals surface area contributed by atoms with Gasteiger partial charge in [-0.1, -0.05) is 17.2 Å². The van der Waals surface area contributed by atoms with Gasteiger partial charge in [-0.25, -0.2) is 0 Å². The van der Waals surface area contributed by atoms with Crippen LogP contribution >= 0.6 is 11.6 Å². The molecule has 0 spiro atoms. The van der Waals surface area contributed by atoms with E-state index >= 15 is 0 Å². The van der Waals surface area contributed by atoms with E-state index in [4.69, 9.17) is 11.6 Å². The average Bonchev–Trinajstić information content (AvgIpc) is 2.14. The van der Waals surface area contributed by atoms with Gasteiger partial charge in [0.05, 0.1) is 5.56 Å². The number of nitrogens with one attached hydrogen (secondary N) is 1. The highest BCUT2D eigenvalue weighted by molar-refractivity contribution is 6.30. The van der Waals surface area contributed by atoms with E-state index in [-0.39, 0.29) is 5.02 Å². The molecule has 94 valence electrons. The lowest BCUT2D eigenvalue weighted by Crippen LogP contribution is -2.07. The van der Waals surface area contributed by atoms with E-state index in [2.05, 4.69) is 11.9 Å². The molecule has 1 aromatic carbocycles. The number of benzene rings is 1. The Bertz CT molecular complexity index is 413. The van der Waals surface area contributed by atoms with Gasteiger partial charge in [0, 0.05) is 17.3 Å². The van der Waals surface area contributed by atoms with Crippen molar-refractivity contribution in [1.29, 1.82) is 0 Å². The van der Waals surface area contributed by atoms with Gasteiger partial charge in [0.15, 0.2) is 0 Å². The van der Waals surface area contributed by atoms with E-state index in [0.717, 1.165) is 17.7 Å². The first kappa shape index (κ1) is 13.9. The van der Waals surface area contributed by atoms with E-state index in [9.17, 15) is 13.2 Å². The number of halogens is 4. The zero-order chi connectivity index (χ0) is 13.1. The van der Waals surface area contributed by atoms with Crippen molar-refractivity contribution in [3.8, 4) is 0 Å². The van der Waals surface area contributed by atoms with Crippen LogP contribution < -0.4 is 5.32 Å². The first-order valence-electron chi connectivity index (χ1n) is 5.05. The summed E-state index contributed by atoms with van der Waals surface area (Å²) in [5, 5.41) is 2.95. The van der Waals surface area contributed by atoms with Crippen LogP contribution in [0.2, 0.25) is 5.02 Å². The molecule has 0 aromatic heterocycles. The van der Waals surface area contributed by atoms with Crippen molar-refractivity contribution in [2.24, 2.45) is 0 Å². The fourth-order valence-electron chi connectivity index (χ4n) is 1.28. The Hall–Kier alpha value is -1.16. The maximum atomic E-state index is 12.5. The van der Waals surface area contributed by atoms with Crippen molar-refractivity contribution in [3.05, 3.63) is 40.9 Å². The van der Waals surface area contributed by atoms with E-state index in [0.29, 0.717) is 18.7 Å². The van der Waals surface area contributed by atoms with Gasteiger partial charge in [0.1, 0.15) is 0 Å². The molecule has 17 heavy (non-hydrogen) atoms. The minimum absolute atomic E-state index is 0.0673. The number of hydrogen-bond donors (Lipinski definition) is 1. The van der Waals surface area contributed by atoms with Crippen molar-refractivity contribution in [2.75, 3.05) is 11.9 Å². The summed E-state index contributed by atoms with van der Waals surface area (Å²) in [6.45, 7) is 6.11. The van der Waals surface area contributed by atoms with Gasteiger partial charge in [-0.15, -0.1) is 6.58 Å². The third kappa shape index (κ3) is 4.69. The number of anilines is 1. The Morgan fingerprint density at radius 1 is 1.35 bits per heavy atom. The Kier molecular flexibility index (Phi) is 4.46. The first-order chi connectivity index (χ1) is 7.79. The molecule has 1 nitrogen and oxygen atoms in total. The van der Waals surface area contributed by atoms with Crippen molar-refractivity contribution in [3.63, 3.8) is 0 Å². The molecule has 0 saturated heterocycles. The van der Waals surface area contributed by atoms with Gasteiger partial charge in [-0.3, -0.25) is 0 Å².